The van der Waals surface area contributed by atoms with Gasteiger partial charge >= 0.3 is 0 Å². The Bertz CT molecular complexity index is 827. The first-order valence-corrected chi connectivity index (χ1v) is 8.52. The van der Waals surface area contributed by atoms with E-state index in [1.807, 2.05) is 42.2 Å². The van der Waals surface area contributed by atoms with Crippen molar-refractivity contribution < 1.29 is 4.74 Å². The summed E-state index contributed by atoms with van der Waals surface area (Å²) in [6.45, 7) is 0.729. The molecule has 1 aromatic carbocycles. The van der Waals surface area contributed by atoms with Gasteiger partial charge in [-0.15, -0.1) is 0 Å². The molecule has 3 heterocycles. The zero-order valence-corrected chi connectivity index (χ0v) is 13.7. The van der Waals surface area contributed by atoms with Crippen LogP contribution in [-0.4, -0.2) is 27.2 Å². The molecule has 1 aliphatic rings. The number of nitrogens with zero attached hydrogens (tertiary/aromatic N) is 3. The van der Waals surface area contributed by atoms with Gasteiger partial charge in [0.25, 0.3) is 0 Å². The number of fused-ring (bicyclic) bond motifs is 1. The van der Waals surface area contributed by atoms with Gasteiger partial charge in [0.05, 0.1) is 10.2 Å². The van der Waals surface area contributed by atoms with Crippen LogP contribution in [0.3, 0.4) is 0 Å². The summed E-state index contributed by atoms with van der Waals surface area (Å²) in [6.07, 6.45) is 5.66. The first kappa shape index (κ1) is 14.5. The second-order valence-electron chi connectivity index (χ2n) is 5.87. The highest BCUT2D eigenvalue weighted by Crippen LogP contribution is 2.32. The molecule has 2 unspecified atom stereocenters. The Morgan fingerprint density at radius 1 is 1.43 bits per heavy atom. The second-order valence-corrected chi connectivity index (χ2v) is 6.90. The van der Waals surface area contributed by atoms with Gasteiger partial charge in [0.15, 0.2) is 5.13 Å². The van der Waals surface area contributed by atoms with Gasteiger partial charge in [-0.25, -0.2) is 9.97 Å². The van der Waals surface area contributed by atoms with Crippen LogP contribution in [0.15, 0.2) is 30.6 Å². The second kappa shape index (κ2) is 5.82. The van der Waals surface area contributed by atoms with Crippen molar-refractivity contribution in [2.75, 3.05) is 17.7 Å². The number of anilines is 2. The predicted octanol–water partition coefficient (Wildman–Crippen LogP) is 2.94. The molecule has 7 heteroatoms. The summed E-state index contributed by atoms with van der Waals surface area (Å²) in [5, 5.41) is 4.49. The zero-order valence-electron chi connectivity index (χ0n) is 12.9. The fraction of sp³-hybridized carbons (Fsp3) is 0.375. The smallest absolute Gasteiger partial charge is 0.184 e. The van der Waals surface area contributed by atoms with Crippen molar-refractivity contribution >= 4 is 32.4 Å². The topological polar surface area (TPSA) is 78.0 Å². The first-order valence-electron chi connectivity index (χ1n) is 7.70. The molecule has 4 rings (SSSR count). The average molecular weight is 329 g/mol. The molecule has 2 atom stereocenters. The summed E-state index contributed by atoms with van der Waals surface area (Å²) in [7, 11) is 2.00. The molecule has 1 saturated heterocycles. The molecule has 0 spiro atoms. The van der Waals surface area contributed by atoms with Crippen molar-refractivity contribution in [1.82, 2.24) is 14.5 Å². The number of nitrogens with one attached hydrogen (secondary N) is 1. The Morgan fingerprint density at radius 2 is 2.35 bits per heavy atom. The molecule has 23 heavy (non-hydrogen) atoms. The number of imidazole rings is 1. The highest BCUT2D eigenvalue weighted by Gasteiger charge is 2.27. The Balaban J connectivity index is 1.50. The van der Waals surface area contributed by atoms with Gasteiger partial charge in [-0.05, 0) is 24.6 Å². The lowest BCUT2D eigenvalue weighted by Crippen LogP contribution is -2.31. The zero-order chi connectivity index (χ0) is 15.8. The van der Waals surface area contributed by atoms with Crippen LogP contribution in [0.25, 0.3) is 10.2 Å². The maximum Gasteiger partial charge on any atom is 0.184 e. The fourth-order valence-corrected chi connectivity index (χ4v) is 3.96. The van der Waals surface area contributed by atoms with Gasteiger partial charge in [0.2, 0.25) is 0 Å². The van der Waals surface area contributed by atoms with Crippen molar-refractivity contribution in [3.8, 4) is 0 Å². The van der Waals surface area contributed by atoms with E-state index in [1.54, 1.807) is 11.3 Å². The minimum Gasteiger partial charge on any atom is -0.399 e. The first-order chi connectivity index (χ1) is 11.2. The van der Waals surface area contributed by atoms with Crippen LogP contribution in [0.4, 0.5) is 10.8 Å². The standard InChI is InChI=1S/C16H19N5OS/c1-21-6-5-18-15(21)13-9-11(4-7-22-13)19-16-20-12-3-2-10(17)8-14(12)23-16/h2-3,5-6,8,11,13H,4,7,9,17H2,1H3,(H,19,20). The quantitative estimate of drug-likeness (QED) is 0.722. The summed E-state index contributed by atoms with van der Waals surface area (Å²) < 4.78 is 9.02. The van der Waals surface area contributed by atoms with Gasteiger partial charge in [0.1, 0.15) is 11.9 Å². The number of nitrogen functional groups attached to an aromatic ring is 1. The Hall–Kier alpha value is -2.12. The molecule has 0 aliphatic carbocycles. The molecule has 1 fully saturated rings. The van der Waals surface area contributed by atoms with E-state index in [4.69, 9.17) is 10.5 Å². The molecule has 0 radical (unpaired) electrons. The van der Waals surface area contributed by atoms with Gasteiger partial charge in [-0.2, -0.15) is 0 Å². The molecular weight excluding hydrogens is 310 g/mol. The van der Waals surface area contributed by atoms with E-state index in [0.29, 0.717) is 6.04 Å². The van der Waals surface area contributed by atoms with Crippen molar-refractivity contribution in [2.45, 2.75) is 25.0 Å². The van der Waals surface area contributed by atoms with Crippen molar-refractivity contribution in [3.63, 3.8) is 0 Å². The van der Waals surface area contributed by atoms with Gasteiger partial charge < -0.3 is 20.4 Å². The van der Waals surface area contributed by atoms with Gasteiger partial charge in [-0.1, -0.05) is 11.3 Å². The molecule has 6 nitrogen and oxygen atoms in total. The monoisotopic (exact) mass is 329 g/mol. The highest BCUT2D eigenvalue weighted by molar-refractivity contribution is 7.22. The van der Waals surface area contributed by atoms with Crippen LogP contribution in [0.2, 0.25) is 0 Å². The lowest BCUT2D eigenvalue weighted by atomic mass is 10.0. The number of aryl methyl sites for hydroxylation is 1. The number of hydrogen-bond acceptors (Lipinski definition) is 6. The lowest BCUT2D eigenvalue weighted by Gasteiger charge is -2.29. The normalized spacial score (nSPS) is 21.6. The third kappa shape index (κ3) is 2.89. The Kier molecular flexibility index (Phi) is 3.66. The molecule has 3 N–H and O–H groups in total. The number of aromatic nitrogens is 3. The van der Waals surface area contributed by atoms with Crippen LogP contribution in [0, 0.1) is 0 Å². The third-order valence-electron chi connectivity index (χ3n) is 4.17. The third-order valence-corrected chi connectivity index (χ3v) is 5.12. The van der Waals surface area contributed by atoms with Crippen LogP contribution in [-0.2, 0) is 11.8 Å². The SMILES string of the molecule is Cn1ccnc1C1CC(Nc2nc3ccc(N)cc3s2)CCO1. The number of rotatable bonds is 3. The van der Waals surface area contributed by atoms with E-state index in [9.17, 15) is 0 Å². The van der Waals surface area contributed by atoms with Crippen LogP contribution in [0.5, 0.6) is 0 Å². The van der Waals surface area contributed by atoms with Crippen LogP contribution in [0.1, 0.15) is 24.8 Å². The summed E-state index contributed by atoms with van der Waals surface area (Å²) in [5.74, 6) is 0.980. The fourth-order valence-electron chi connectivity index (χ4n) is 2.97. The molecule has 0 amide bonds. The summed E-state index contributed by atoms with van der Waals surface area (Å²) >= 11 is 1.64. The van der Waals surface area contributed by atoms with E-state index in [0.717, 1.165) is 46.3 Å². The van der Waals surface area contributed by atoms with E-state index in [2.05, 4.69) is 15.3 Å². The van der Waals surface area contributed by atoms with E-state index < -0.39 is 0 Å². The molecule has 3 aromatic rings. The van der Waals surface area contributed by atoms with Gasteiger partial charge in [-0.3, -0.25) is 0 Å². The minimum absolute atomic E-state index is 0.0336. The van der Waals surface area contributed by atoms with E-state index in [-0.39, 0.29) is 6.10 Å². The summed E-state index contributed by atoms with van der Waals surface area (Å²) in [4.78, 5) is 9.05. The predicted molar refractivity (Wildman–Crippen MR) is 92.6 cm³/mol. The molecule has 0 bridgehead atoms. The average Bonchev–Trinajstić information content (AvgIpc) is 3.12. The summed E-state index contributed by atoms with van der Waals surface area (Å²) in [5.41, 5.74) is 7.59. The summed E-state index contributed by atoms with van der Waals surface area (Å²) in [6, 6.07) is 6.16. The maximum absolute atomic E-state index is 5.89. The maximum atomic E-state index is 5.89. The molecule has 0 saturated carbocycles. The lowest BCUT2D eigenvalue weighted by molar-refractivity contribution is 0.00292. The number of nitrogens with two attached hydrogens (primary N) is 1. The molecular formula is C16H19N5OS. The van der Waals surface area contributed by atoms with Crippen LogP contribution >= 0.6 is 11.3 Å². The number of ether oxygens (including phenoxy) is 1. The number of thiazole rings is 1. The van der Waals surface area contributed by atoms with Gasteiger partial charge in [0, 0.05) is 44.2 Å². The van der Waals surface area contributed by atoms with Crippen molar-refractivity contribution in [2.24, 2.45) is 7.05 Å². The highest BCUT2D eigenvalue weighted by atomic mass is 32.1. The minimum atomic E-state index is 0.0336. The molecule has 1 aliphatic heterocycles. The molecule has 2 aromatic heterocycles. The van der Waals surface area contributed by atoms with E-state index in [1.165, 1.54) is 0 Å². The van der Waals surface area contributed by atoms with E-state index >= 15 is 0 Å². The Morgan fingerprint density at radius 3 is 3.17 bits per heavy atom. The van der Waals surface area contributed by atoms with Crippen LogP contribution < -0.4 is 11.1 Å². The van der Waals surface area contributed by atoms with Crippen molar-refractivity contribution in [1.29, 1.82) is 0 Å². The largest absolute Gasteiger partial charge is 0.399 e. The Labute approximate surface area is 138 Å². The van der Waals surface area contributed by atoms with Crippen molar-refractivity contribution in [3.05, 3.63) is 36.4 Å². The number of hydrogen-bond donors (Lipinski definition) is 2. The number of benzene rings is 1. The molecule has 120 valence electrons.